The highest BCUT2D eigenvalue weighted by Crippen LogP contribution is 2.27. The topological polar surface area (TPSA) is 174 Å². The van der Waals surface area contributed by atoms with Crippen LogP contribution in [0.5, 0.6) is 5.75 Å². The summed E-state index contributed by atoms with van der Waals surface area (Å²) in [4.78, 5) is 38.5. The Balaban J connectivity index is 2.01. The first-order chi connectivity index (χ1) is 18.0. The van der Waals surface area contributed by atoms with Gasteiger partial charge in [0.2, 0.25) is 0 Å². The lowest BCUT2D eigenvalue weighted by atomic mass is 10.1. The Labute approximate surface area is 228 Å². The molecule has 13 heteroatoms. The monoisotopic (exact) mass is 551 g/mol. The maximum atomic E-state index is 12.1. The summed E-state index contributed by atoms with van der Waals surface area (Å²) in [6.45, 7) is 12.1. The largest absolute Gasteiger partial charge is 0.490 e. The number of hydrogen-bond acceptors (Lipinski definition) is 8. The molecule has 1 aliphatic rings. The fraction of sp³-hybridized carbons (Fsp3) is 0.615. The second-order valence-electron chi connectivity index (χ2n) is 11.1. The van der Waals surface area contributed by atoms with Gasteiger partial charge in [0.25, 0.3) is 0 Å². The second-order valence-corrected chi connectivity index (χ2v) is 11.1. The summed E-state index contributed by atoms with van der Waals surface area (Å²) < 4.78 is 15.9. The Hall–Kier alpha value is -3.74. The fourth-order valence-corrected chi connectivity index (χ4v) is 3.59. The van der Waals surface area contributed by atoms with E-state index in [1.54, 1.807) is 58.6 Å². The molecule has 0 bridgehead atoms. The zero-order valence-electron chi connectivity index (χ0n) is 23.5. The Morgan fingerprint density at radius 3 is 1.97 bits per heavy atom. The van der Waals surface area contributed by atoms with Crippen molar-refractivity contribution < 1.29 is 38.8 Å². The Morgan fingerprint density at radius 2 is 1.49 bits per heavy atom. The van der Waals surface area contributed by atoms with Crippen LogP contribution in [0.4, 0.5) is 9.59 Å². The van der Waals surface area contributed by atoms with Gasteiger partial charge in [0.1, 0.15) is 23.6 Å². The van der Waals surface area contributed by atoms with Crippen molar-refractivity contribution in [3.63, 3.8) is 0 Å². The zero-order chi connectivity index (χ0) is 29.4. The number of rotatable bonds is 10. The molecule has 1 aromatic carbocycles. The van der Waals surface area contributed by atoms with Crippen LogP contribution in [0.25, 0.3) is 0 Å². The van der Waals surface area contributed by atoms with Crippen molar-refractivity contribution in [3.8, 4) is 5.75 Å². The van der Waals surface area contributed by atoms with Crippen molar-refractivity contribution in [1.82, 2.24) is 20.4 Å². The first-order valence-electron chi connectivity index (χ1n) is 12.7. The number of carbonyl (C=O) groups excluding carboxylic acids is 2. The van der Waals surface area contributed by atoms with Crippen molar-refractivity contribution in [2.75, 3.05) is 32.8 Å². The summed E-state index contributed by atoms with van der Waals surface area (Å²) in [5.41, 5.74) is 0.609. The molecule has 1 aliphatic heterocycles. The number of hydrogen-bond donors (Lipinski definition) is 5. The van der Waals surface area contributed by atoms with E-state index < -0.39 is 35.5 Å². The third-order valence-corrected chi connectivity index (χ3v) is 5.29. The number of aliphatic hydroxyl groups is 1. The lowest BCUT2D eigenvalue weighted by Gasteiger charge is -2.31. The van der Waals surface area contributed by atoms with Gasteiger partial charge in [-0.2, -0.15) is 0 Å². The highest BCUT2D eigenvalue weighted by Gasteiger charge is 2.26. The predicted octanol–water partition coefficient (Wildman–Crippen LogP) is 2.11. The zero-order valence-corrected chi connectivity index (χ0v) is 23.5. The van der Waals surface area contributed by atoms with E-state index in [9.17, 15) is 19.5 Å². The molecule has 1 atom stereocenters. The molecule has 0 spiro atoms. The number of alkyl carbamates (subject to hydrolysis) is 2. The fourth-order valence-electron chi connectivity index (χ4n) is 3.59. The minimum Gasteiger partial charge on any atom is -0.490 e. The smallest absolute Gasteiger partial charge is 0.407 e. The van der Waals surface area contributed by atoms with Crippen LogP contribution >= 0.6 is 0 Å². The third-order valence-electron chi connectivity index (χ3n) is 5.29. The average Bonchev–Trinajstić information content (AvgIpc) is 3.22. The minimum absolute atomic E-state index is 0.201. The number of benzene rings is 1. The van der Waals surface area contributed by atoms with Crippen molar-refractivity contribution in [2.45, 2.75) is 71.9 Å². The second kappa shape index (κ2) is 13.4. The summed E-state index contributed by atoms with van der Waals surface area (Å²) in [5.74, 6) is -0.743. The number of aliphatic hydroxyl groups excluding tert-OH is 1. The maximum absolute atomic E-state index is 12.1. The number of nitrogens with zero attached hydrogens (tertiary/aromatic N) is 2. The predicted molar refractivity (Wildman–Crippen MR) is 143 cm³/mol. The van der Waals surface area contributed by atoms with Crippen LogP contribution in [0.15, 0.2) is 18.2 Å². The van der Waals surface area contributed by atoms with Crippen LogP contribution in [0.3, 0.4) is 0 Å². The molecule has 1 heterocycles. The van der Waals surface area contributed by atoms with Crippen LogP contribution in [-0.2, 0) is 27.4 Å². The van der Waals surface area contributed by atoms with Crippen molar-refractivity contribution >= 4 is 24.1 Å². The summed E-state index contributed by atoms with van der Waals surface area (Å²) in [6.07, 6.45) is -2.75. The Kier molecular flexibility index (Phi) is 10.8. The maximum Gasteiger partial charge on any atom is 0.407 e. The molecule has 0 aromatic heterocycles. The standard InChI is InChI=1S/C26H41N5O8/c1-25(2,3)38-23(35)28-9-11-30(12-10-29-24(36)39-26(4,5)6)22(27)31-14-17-7-8-19(13-18(17)15-31)37-16-20(32)21(33)34/h7-8,13,20,27,32H,9-12,14-16H2,1-6H3,(H,28,35)(H,29,36)(H,33,34)/t20-/m1/s1. The molecule has 0 saturated carbocycles. The molecule has 13 nitrogen and oxygen atoms in total. The Bertz CT molecular complexity index is 1000. The number of carbonyl (C=O) groups is 3. The molecule has 218 valence electrons. The summed E-state index contributed by atoms with van der Waals surface area (Å²) in [6, 6.07) is 5.28. The molecule has 1 aromatic rings. The van der Waals surface area contributed by atoms with Crippen molar-refractivity contribution in [1.29, 1.82) is 5.41 Å². The number of amides is 2. The van der Waals surface area contributed by atoms with Crippen LogP contribution in [0.1, 0.15) is 52.7 Å². The Morgan fingerprint density at radius 1 is 0.974 bits per heavy atom. The van der Waals surface area contributed by atoms with Crippen LogP contribution in [0, 0.1) is 5.41 Å². The molecule has 5 N–H and O–H groups in total. The van der Waals surface area contributed by atoms with E-state index in [0.717, 1.165) is 11.1 Å². The molecule has 0 aliphatic carbocycles. The molecule has 39 heavy (non-hydrogen) atoms. The normalized spacial score (nSPS) is 13.7. The van der Waals surface area contributed by atoms with Gasteiger partial charge in [-0.05, 0) is 64.8 Å². The van der Waals surface area contributed by atoms with E-state index >= 15 is 0 Å². The summed E-state index contributed by atoms with van der Waals surface area (Å²) >= 11 is 0. The number of aliphatic carboxylic acids is 1. The van der Waals surface area contributed by atoms with Crippen molar-refractivity contribution in [3.05, 3.63) is 29.3 Å². The van der Waals surface area contributed by atoms with Gasteiger partial charge < -0.3 is 44.9 Å². The van der Waals surface area contributed by atoms with E-state index in [-0.39, 0.29) is 25.7 Å². The van der Waals surface area contributed by atoms with Crippen LogP contribution < -0.4 is 15.4 Å². The van der Waals surface area contributed by atoms with Gasteiger partial charge in [0.05, 0.1) is 0 Å². The van der Waals surface area contributed by atoms with Gasteiger partial charge in [-0.3, -0.25) is 5.41 Å². The number of nitrogens with one attached hydrogen (secondary N) is 3. The van der Waals surface area contributed by atoms with Crippen LogP contribution in [0.2, 0.25) is 0 Å². The third kappa shape index (κ3) is 11.3. The minimum atomic E-state index is -1.62. The molecule has 0 saturated heterocycles. The van der Waals surface area contributed by atoms with Gasteiger partial charge in [-0.15, -0.1) is 0 Å². The SMILES string of the molecule is CC(C)(C)OC(=O)NCCN(CCNC(=O)OC(C)(C)C)C(=N)N1Cc2ccc(OC[C@@H](O)C(=O)O)cc2C1. The summed E-state index contributed by atoms with van der Waals surface area (Å²) in [5, 5.41) is 32.5. The highest BCUT2D eigenvalue weighted by molar-refractivity contribution is 5.78. The van der Waals surface area contributed by atoms with Gasteiger partial charge in [-0.25, -0.2) is 14.4 Å². The lowest BCUT2D eigenvalue weighted by molar-refractivity contribution is -0.148. The van der Waals surface area contributed by atoms with Gasteiger partial charge in [0.15, 0.2) is 12.1 Å². The molecule has 2 amide bonds. The quantitative estimate of drug-likeness (QED) is 0.214. The number of ether oxygens (including phenoxy) is 3. The number of carboxylic acid groups (broad SMARTS) is 1. The van der Waals surface area contributed by atoms with Gasteiger partial charge in [-0.1, -0.05) is 6.07 Å². The van der Waals surface area contributed by atoms with E-state index in [4.69, 9.17) is 24.7 Å². The average molecular weight is 552 g/mol. The van der Waals surface area contributed by atoms with Crippen LogP contribution in [-0.4, -0.2) is 94.2 Å². The van der Waals surface area contributed by atoms with Crippen molar-refractivity contribution in [2.24, 2.45) is 0 Å². The first-order valence-corrected chi connectivity index (χ1v) is 12.7. The molecule has 0 radical (unpaired) electrons. The van der Waals surface area contributed by atoms with E-state index in [1.165, 1.54) is 0 Å². The van der Waals surface area contributed by atoms with Gasteiger partial charge >= 0.3 is 18.2 Å². The highest BCUT2D eigenvalue weighted by atomic mass is 16.6. The molecular weight excluding hydrogens is 510 g/mol. The van der Waals surface area contributed by atoms with E-state index in [2.05, 4.69) is 10.6 Å². The molecule has 0 unspecified atom stereocenters. The number of carboxylic acids is 1. The van der Waals surface area contributed by atoms with E-state index in [1.807, 2.05) is 11.0 Å². The molecule has 0 fully saturated rings. The number of fused-ring (bicyclic) bond motifs is 1. The number of guanidine groups is 1. The summed E-state index contributed by atoms with van der Waals surface area (Å²) in [7, 11) is 0. The first kappa shape index (κ1) is 31.5. The van der Waals surface area contributed by atoms with Gasteiger partial charge in [0, 0.05) is 39.3 Å². The molecular formula is C26H41N5O8. The van der Waals surface area contributed by atoms with E-state index in [0.29, 0.717) is 31.9 Å². The lowest BCUT2D eigenvalue weighted by Crippen LogP contribution is -2.48. The molecule has 2 rings (SSSR count).